The fourth-order valence-corrected chi connectivity index (χ4v) is 5.23. The van der Waals surface area contributed by atoms with E-state index in [2.05, 4.69) is 0 Å². The molecule has 1 aromatic carbocycles. The summed E-state index contributed by atoms with van der Waals surface area (Å²) in [5, 5.41) is -0.206. The van der Waals surface area contributed by atoms with Crippen molar-refractivity contribution in [3.63, 3.8) is 0 Å². The SMILES string of the molecule is O=C(c1cc(F)c(F)cc1Cl)N(C[C@H]1CCCO1)[C@@H]1CCS(=O)(=O)C1. The van der Waals surface area contributed by atoms with Crippen molar-refractivity contribution in [2.24, 2.45) is 0 Å². The average molecular weight is 394 g/mol. The van der Waals surface area contributed by atoms with Gasteiger partial charge in [-0.3, -0.25) is 4.79 Å². The first-order valence-electron chi connectivity index (χ1n) is 8.04. The number of sulfone groups is 1. The highest BCUT2D eigenvalue weighted by atomic mass is 35.5. The second-order valence-corrected chi connectivity index (χ2v) is 9.03. The van der Waals surface area contributed by atoms with E-state index in [1.165, 1.54) is 4.90 Å². The Kier molecular flexibility index (Phi) is 5.31. The number of nitrogens with zero attached hydrogens (tertiary/aromatic N) is 1. The van der Waals surface area contributed by atoms with E-state index in [1.54, 1.807) is 0 Å². The van der Waals surface area contributed by atoms with E-state index in [-0.39, 0.29) is 34.7 Å². The van der Waals surface area contributed by atoms with Gasteiger partial charge < -0.3 is 9.64 Å². The van der Waals surface area contributed by atoms with Crippen molar-refractivity contribution < 1.29 is 26.7 Å². The van der Waals surface area contributed by atoms with Gasteiger partial charge in [-0.1, -0.05) is 11.6 Å². The summed E-state index contributed by atoms with van der Waals surface area (Å²) >= 11 is 5.92. The summed E-state index contributed by atoms with van der Waals surface area (Å²) in [6.45, 7) is 0.788. The average Bonchev–Trinajstić information content (AvgIpc) is 3.17. The van der Waals surface area contributed by atoms with Gasteiger partial charge in [-0.05, 0) is 31.4 Å². The maximum Gasteiger partial charge on any atom is 0.255 e. The fourth-order valence-electron chi connectivity index (χ4n) is 3.27. The van der Waals surface area contributed by atoms with E-state index < -0.39 is 33.4 Å². The zero-order chi connectivity index (χ0) is 18.2. The molecule has 1 aromatic rings. The number of ether oxygens (including phenoxy) is 1. The quantitative estimate of drug-likeness (QED) is 0.737. The van der Waals surface area contributed by atoms with Gasteiger partial charge in [0.25, 0.3) is 5.91 Å². The molecule has 1 amide bonds. The maximum atomic E-state index is 13.6. The van der Waals surface area contributed by atoms with Crippen LogP contribution in [0, 0.1) is 11.6 Å². The Balaban J connectivity index is 1.90. The third-order valence-electron chi connectivity index (χ3n) is 4.57. The molecule has 2 atom stereocenters. The lowest BCUT2D eigenvalue weighted by Gasteiger charge is -2.30. The van der Waals surface area contributed by atoms with Gasteiger partial charge in [0, 0.05) is 19.2 Å². The van der Waals surface area contributed by atoms with Crippen molar-refractivity contribution in [3.05, 3.63) is 34.4 Å². The molecule has 3 rings (SSSR count). The number of benzene rings is 1. The molecule has 2 aliphatic heterocycles. The molecular weight excluding hydrogens is 376 g/mol. The Hall–Kier alpha value is -1.25. The zero-order valence-corrected chi connectivity index (χ0v) is 15.0. The topological polar surface area (TPSA) is 63.7 Å². The van der Waals surface area contributed by atoms with Crippen molar-refractivity contribution >= 4 is 27.3 Å². The molecule has 2 saturated heterocycles. The Bertz CT molecular complexity index is 781. The van der Waals surface area contributed by atoms with Crippen LogP contribution in [0.2, 0.25) is 5.02 Å². The molecule has 5 nitrogen and oxygen atoms in total. The number of amides is 1. The summed E-state index contributed by atoms with van der Waals surface area (Å²) in [6.07, 6.45) is 1.73. The molecule has 138 valence electrons. The first-order valence-corrected chi connectivity index (χ1v) is 10.2. The van der Waals surface area contributed by atoms with E-state index in [4.69, 9.17) is 16.3 Å². The van der Waals surface area contributed by atoms with Crippen molar-refractivity contribution in [3.8, 4) is 0 Å². The van der Waals surface area contributed by atoms with Crippen molar-refractivity contribution in [1.29, 1.82) is 0 Å². The smallest absolute Gasteiger partial charge is 0.255 e. The molecule has 0 bridgehead atoms. The van der Waals surface area contributed by atoms with Gasteiger partial charge in [0.1, 0.15) is 0 Å². The van der Waals surface area contributed by atoms with Crippen molar-refractivity contribution in [2.45, 2.75) is 31.4 Å². The molecule has 0 aliphatic carbocycles. The third kappa shape index (κ3) is 4.12. The predicted octanol–water partition coefficient (Wildman–Crippen LogP) is 2.43. The fraction of sp³-hybridized carbons (Fsp3) is 0.562. The summed E-state index contributed by atoms with van der Waals surface area (Å²) in [6, 6.07) is 0.983. The van der Waals surface area contributed by atoms with Gasteiger partial charge in [0.05, 0.1) is 28.2 Å². The van der Waals surface area contributed by atoms with E-state index >= 15 is 0 Å². The lowest BCUT2D eigenvalue weighted by molar-refractivity contribution is 0.0441. The molecule has 2 heterocycles. The number of hydrogen-bond acceptors (Lipinski definition) is 4. The predicted molar refractivity (Wildman–Crippen MR) is 88.4 cm³/mol. The minimum Gasteiger partial charge on any atom is -0.376 e. The second-order valence-electron chi connectivity index (χ2n) is 6.40. The molecule has 25 heavy (non-hydrogen) atoms. The summed E-state index contributed by atoms with van der Waals surface area (Å²) in [5.74, 6) is -3.08. The Morgan fingerprint density at radius 2 is 2.00 bits per heavy atom. The van der Waals surface area contributed by atoms with Gasteiger partial charge in [-0.2, -0.15) is 0 Å². The largest absolute Gasteiger partial charge is 0.376 e. The van der Waals surface area contributed by atoms with Crippen molar-refractivity contribution in [2.75, 3.05) is 24.7 Å². The lowest BCUT2D eigenvalue weighted by Crippen LogP contribution is -2.45. The number of hydrogen-bond donors (Lipinski definition) is 0. The van der Waals surface area contributed by atoms with Gasteiger partial charge in [0.2, 0.25) is 0 Å². The van der Waals surface area contributed by atoms with Crippen LogP contribution in [0.3, 0.4) is 0 Å². The van der Waals surface area contributed by atoms with Gasteiger partial charge in [-0.25, -0.2) is 17.2 Å². The first-order chi connectivity index (χ1) is 11.8. The number of carbonyl (C=O) groups excluding carboxylic acids is 1. The van der Waals surface area contributed by atoms with E-state index in [1.807, 2.05) is 0 Å². The summed E-state index contributed by atoms with van der Waals surface area (Å²) in [4.78, 5) is 14.3. The third-order valence-corrected chi connectivity index (χ3v) is 6.64. The molecule has 0 N–H and O–H groups in total. The van der Waals surface area contributed by atoms with Crippen LogP contribution in [-0.4, -0.2) is 56.0 Å². The van der Waals surface area contributed by atoms with Crippen LogP contribution in [-0.2, 0) is 14.6 Å². The van der Waals surface area contributed by atoms with E-state index in [0.29, 0.717) is 13.0 Å². The van der Waals surface area contributed by atoms with Crippen LogP contribution >= 0.6 is 11.6 Å². The molecule has 2 fully saturated rings. The standard InChI is InChI=1S/C16H18ClF2NO4S/c17-13-7-15(19)14(18)6-12(13)16(21)20(8-11-2-1-4-24-11)10-3-5-25(22,23)9-10/h6-7,10-11H,1-5,8-9H2/t10-,11-/m1/s1. The highest BCUT2D eigenvalue weighted by Crippen LogP contribution is 2.27. The second kappa shape index (κ2) is 7.17. The Morgan fingerprint density at radius 1 is 1.28 bits per heavy atom. The lowest BCUT2D eigenvalue weighted by atomic mass is 10.1. The molecule has 9 heteroatoms. The van der Waals surface area contributed by atoms with Gasteiger partial charge in [-0.15, -0.1) is 0 Å². The van der Waals surface area contributed by atoms with Crippen LogP contribution < -0.4 is 0 Å². The van der Waals surface area contributed by atoms with Gasteiger partial charge in [0.15, 0.2) is 21.5 Å². The Labute approximate surface area is 149 Å². The minimum atomic E-state index is -3.22. The summed E-state index contributed by atoms with van der Waals surface area (Å²) in [7, 11) is -3.22. The minimum absolute atomic E-state index is 0.00151. The normalized spacial score (nSPS) is 25.2. The van der Waals surface area contributed by atoms with E-state index in [0.717, 1.165) is 25.0 Å². The number of carbonyl (C=O) groups is 1. The highest BCUT2D eigenvalue weighted by molar-refractivity contribution is 7.91. The summed E-state index contributed by atoms with van der Waals surface area (Å²) < 4.78 is 56.0. The molecule has 2 aliphatic rings. The van der Waals surface area contributed by atoms with Crippen LogP contribution in [0.4, 0.5) is 8.78 Å². The van der Waals surface area contributed by atoms with Crippen LogP contribution in [0.1, 0.15) is 29.6 Å². The molecule has 0 spiro atoms. The van der Waals surface area contributed by atoms with Crippen LogP contribution in [0.15, 0.2) is 12.1 Å². The molecular formula is C16H18ClF2NO4S. The number of halogens is 3. The highest BCUT2D eigenvalue weighted by Gasteiger charge is 2.37. The van der Waals surface area contributed by atoms with Crippen LogP contribution in [0.25, 0.3) is 0 Å². The maximum absolute atomic E-state index is 13.6. The first kappa shape index (κ1) is 18.5. The summed E-state index contributed by atoms with van der Waals surface area (Å²) in [5.41, 5.74) is -0.178. The molecule has 0 saturated carbocycles. The van der Waals surface area contributed by atoms with Crippen LogP contribution in [0.5, 0.6) is 0 Å². The number of rotatable bonds is 4. The molecule has 0 aromatic heterocycles. The monoisotopic (exact) mass is 393 g/mol. The van der Waals surface area contributed by atoms with Crippen molar-refractivity contribution in [1.82, 2.24) is 4.90 Å². The Morgan fingerprint density at radius 3 is 2.60 bits per heavy atom. The molecule has 0 radical (unpaired) electrons. The van der Waals surface area contributed by atoms with Gasteiger partial charge >= 0.3 is 0 Å². The van der Waals surface area contributed by atoms with E-state index in [9.17, 15) is 22.0 Å². The zero-order valence-electron chi connectivity index (χ0n) is 13.4. The molecule has 0 unspecified atom stereocenters.